The van der Waals surface area contributed by atoms with E-state index in [2.05, 4.69) is 15.9 Å². The SMILES string of the molecule is CS(=O)(=O)c1cc(F)c(F)cc1Br. The second-order valence-corrected chi connectivity index (χ2v) is 5.31. The summed E-state index contributed by atoms with van der Waals surface area (Å²) in [6.45, 7) is 0. The van der Waals surface area contributed by atoms with E-state index < -0.39 is 21.5 Å². The molecule has 0 saturated carbocycles. The van der Waals surface area contributed by atoms with E-state index in [1.165, 1.54) is 0 Å². The first kappa shape index (κ1) is 10.6. The van der Waals surface area contributed by atoms with Crippen molar-refractivity contribution in [2.45, 2.75) is 4.90 Å². The third kappa shape index (κ3) is 2.25. The molecule has 0 spiro atoms. The number of benzene rings is 1. The summed E-state index contributed by atoms with van der Waals surface area (Å²) >= 11 is 2.83. The molecule has 0 heterocycles. The van der Waals surface area contributed by atoms with Gasteiger partial charge in [0.2, 0.25) is 0 Å². The van der Waals surface area contributed by atoms with Gasteiger partial charge in [0, 0.05) is 10.7 Å². The average Bonchev–Trinajstić information content (AvgIpc) is 1.94. The van der Waals surface area contributed by atoms with Gasteiger partial charge < -0.3 is 0 Å². The lowest BCUT2D eigenvalue weighted by Crippen LogP contribution is -2.00. The van der Waals surface area contributed by atoms with Crippen molar-refractivity contribution >= 4 is 25.8 Å². The van der Waals surface area contributed by atoms with Gasteiger partial charge in [-0.25, -0.2) is 17.2 Å². The van der Waals surface area contributed by atoms with Crippen molar-refractivity contribution in [1.82, 2.24) is 0 Å². The molecule has 72 valence electrons. The van der Waals surface area contributed by atoms with Crippen LogP contribution in [0.4, 0.5) is 8.78 Å². The van der Waals surface area contributed by atoms with Crippen molar-refractivity contribution in [1.29, 1.82) is 0 Å². The smallest absolute Gasteiger partial charge is 0.176 e. The second kappa shape index (κ2) is 3.34. The van der Waals surface area contributed by atoms with Crippen LogP contribution < -0.4 is 0 Å². The van der Waals surface area contributed by atoms with Crippen LogP contribution in [0.2, 0.25) is 0 Å². The van der Waals surface area contributed by atoms with Gasteiger partial charge in [-0.1, -0.05) is 0 Å². The van der Waals surface area contributed by atoms with Gasteiger partial charge in [-0.2, -0.15) is 0 Å². The number of rotatable bonds is 1. The van der Waals surface area contributed by atoms with Crippen molar-refractivity contribution in [3.8, 4) is 0 Å². The van der Waals surface area contributed by atoms with Crippen LogP contribution in [0, 0.1) is 11.6 Å². The lowest BCUT2D eigenvalue weighted by atomic mass is 10.3. The lowest BCUT2D eigenvalue weighted by molar-refractivity contribution is 0.503. The maximum Gasteiger partial charge on any atom is 0.176 e. The summed E-state index contributed by atoms with van der Waals surface area (Å²) < 4.78 is 47.2. The molecule has 0 radical (unpaired) electrons. The average molecular weight is 271 g/mol. The predicted molar refractivity (Wildman–Crippen MR) is 47.2 cm³/mol. The Morgan fingerprint density at radius 3 is 2.15 bits per heavy atom. The van der Waals surface area contributed by atoms with Crippen molar-refractivity contribution in [2.75, 3.05) is 6.26 Å². The van der Waals surface area contributed by atoms with Gasteiger partial charge in [0.1, 0.15) is 0 Å². The van der Waals surface area contributed by atoms with Crippen molar-refractivity contribution < 1.29 is 17.2 Å². The quantitative estimate of drug-likeness (QED) is 0.579. The molecule has 0 aromatic heterocycles. The molecule has 2 nitrogen and oxygen atoms in total. The highest BCUT2D eigenvalue weighted by Gasteiger charge is 2.15. The summed E-state index contributed by atoms with van der Waals surface area (Å²) in [4.78, 5) is -0.258. The molecule has 0 aliphatic rings. The fraction of sp³-hybridized carbons (Fsp3) is 0.143. The van der Waals surface area contributed by atoms with Crippen LogP contribution in [0.1, 0.15) is 0 Å². The number of hydrogen-bond acceptors (Lipinski definition) is 2. The highest BCUT2D eigenvalue weighted by atomic mass is 79.9. The highest BCUT2D eigenvalue weighted by Crippen LogP contribution is 2.24. The van der Waals surface area contributed by atoms with Crippen LogP contribution >= 0.6 is 15.9 Å². The Bertz CT molecular complexity index is 442. The van der Waals surface area contributed by atoms with E-state index in [0.717, 1.165) is 12.3 Å². The van der Waals surface area contributed by atoms with E-state index in [9.17, 15) is 17.2 Å². The van der Waals surface area contributed by atoms with E-state index in [1.807, 2.05) is 0 Å². The normalized spacial score (nSPS) is 11.7. The zero-order valence-corrected chi connectivity index (χ0v) is 8.92. The van der Waals surface area contributed by atoms with E-state index in [-0.39, 0.29) is 9.37 Å². The molecule has 0 fully saturated rings. The van der Waals surface area contributed by atoms with Crippen LogP contribution in [-0.4, -0.2) is 14.7 Å². The van der Waals surface area contributed by atoms with Gasteiger partial charge in [0.25, 0.3) is 0 Å². The van der Waals surface area contributed by atoms with Crippen LogP contribution in [-0.2, 0) is 9.84 Å². The molecule has 1 aromatic carbocycles. The molecule has 0 saturated heterocycles. The maximum atomic E-state index is 12.6. The molecule has 0 N–H and O–H groups in total. The summed E-state index contributed by atoms with van der Waals surface area (Å²) in [6.07, 6.45) is 0.921. The fourth-order valence-electron chi connectivity index (χ4n) is 0.788. The summed E-state index contributed by atoms with van der Waals surface area (Å²) in [5, 5.41) is 0. The molecular weight excluding hydrogens is 266 g/mol. The van der Waals surface area contributed by atoms with E-state index >= 15 is 0 Å². The van der Waals surface area contributed by atoms with Crippen LogP contribution in [0.3, 0.4) is 0 Å². The minimum Gasteiger partial charge on any atom is -0.224 e. The molecular formula is C7H5BrF2O2S. The van der Waals surface area contributed by atoms with E-state index in [4.69, 9.17) is 0 Å². The molecule has 1 rings (SSSR count). The first-order chi connectivity index (χ1) is 5.82. The molecule has 1 aromatic rings. The summed E-state index contributed by atoms with van der Waals surface area (Å²) in [5.41, 5.74) is 0. The van der Waals surface area contributed by atoms with E-state index in [1.54, 1.807) is 0 Å². The minimum atomic E-state index is -3.53. The van der Waals surface area contributed by atoms with Gasteiger partial charge in [-0.05, 0) is 28.1 Å². The number of hydrogen-bond donors (Lipinski definition) is 0. The minimum absolute atomic E-state index is 0.0221. The highest BCUT2D eigenvalue weighted by molar-refractivity contribution is 9.10. The first-order valence-corrected chi connectivity index (χ1v) is 5.85. The largest absolute Gasteiger partial charge is 0.224 e. The molecule has 0 aliphatic carbocycles. The van der Waals surface area contributed by atoms with Gasteiger partial charge in [0.05, 0.1) is 4.90 Å². The Kier molecular flexibility index (Phi) is 2.72. The predicted octanol–water partition coefficient (Wildman–Crippen LogP) is 2.13. The fourth-order valence-corrected chi connectivity index (χ4v) is 2.72. The lowest BCUT2D eigenvalue weighted by Gasteiger charge is -2.02. The zero-order chi connectivity index (χ0) is 10.2. The standard InChI is InChI=1S/C7H5BrF2O2S/c1-13(11,12)7-3-6(10)5(9)2-4(7)8/h2-3H,1H3. The zero-order valence-electron chi connectivity index (χ0n) is 6.51. The van der Waals surface area contributed by atoms with Gasteiger partial charge in [-0.3, -0.25) is 0 Å². The third-order valence-corrected chi connectivity index (χ3v) is 3.43. The van der Waals surface area contributed by atoms with E-state index in [0.29, 0.717) is 6.07 Å². The molecule has 0 bridgehead atoms. The summed E-state index contributed by atoms with van der Waals surface area (Å²) in [5.74, 6) is -2.26. The number of sulfone groups is 1. The van der Waals surface area contributed by atoms with Crippen LogP contribution in [0.25, 0.3) is 0 Å². The van der Waals surface area contributed by atoms with Crippen molar-refractivity contribution in [3.63, 3.8) is 0 Å². The third-order valence-electron chi connectivity index (χ3n) is 1.37. The van der Waals surface area contributed by atoms with Crippen molar-refractivity contribution in [3.05, 3.63) is 28.2 Å². The Labute approximate surface area is 82.6 Å². The number of halogens is 3. The Balaban J connectivity index is 3.50. The van der Waals surface area contributed by atoms with Crippen LogP contribution in [0.5, 0.6) is 0 Å². The second-order valence-electron chi connectivity index (χ2n) is 2.47. The summed E-state index contributed by atoms with van der Waals surface area (Å²) in [7, 11) is -3.53. The molecule has 6 heteroatoms. The van der Waals surface area contributed by atoms with Crippen LogP contribution in [0.15, 0.2) is 21.5 Å². The molecule has 0 unspecified atom stereocenters. The Hall–Kier alpha value is -0.490. The Morgan fingerprint density at radius 2 is 1.69 bits per heavy atom. The topological polar surface area (TPSA) is 34.1 Å². The van der Waals surface area contributed by atoms with Gasteiger partial charge >= 0.3 is 0 Å². The van der Waals surface area contributed by atoms with Gasteiger partial charge in [-0.15, -0.1) is 0 Å². The molecule has 0 aliphatic heterocycles. The Morgan fingerprint density at radius 1 is 1.23 bits per heavy atom. The maximum absolute atomic E-state index is 12.6. The monoisotopic (exact) mass is 270 g/mol. The molecule has 0 amide bonds. The van der Waals surface area contributed by atoms with Gasteiger partial charge in [0.15, 0.2) is 21.5 Å². The summed E-state index contributed by atoms with van der Waals surface area (Å²) in [6, 6.07) is 1.43. The first-order valence-electron chi connectivity index (χ1n) is 3.17. The van der Waals surface area contributed by atoms with Crippen molar-refractivity contribution in [2.24, 2.45) is 0 Å². The molecule has 13 heavy (non-hydrogen) atoms. The molecule has 0 atom stereocenters.